The Morgan fingerprint density at radius 1 is 0.689 bits per heavy atom. The highest BCUT2D eigenvalue weighted by Gasteiger charge is 2.24. The normalized spacial score (nSPS) is 14.7. The molecule has 9 heteroatoms. The molecule has 0 rings (SSSR count). The number of aliphatic hydroxyl groups excluding tert-OH is 1. The Hall–Kier alpha value is -0.500. The number of rotatable bonds is 34. The van der Waals surface area contributed by atoms with Crippen molar-refractivity contribution in [3.63, 3.8) is 0 Å². The summed E-state index contributed by atoms with van der Waals surface area (Å²) in [7, 11) is 1.31. The van der Waals surface area contributed by atoms with Crippen LogP contribution < -0.4 is 10.2 Å². The van der Waals surface area contributed by atoms with Gasteiger partial charge in [0.05, 0.1) is 39.9 Å². The summed E-state index contributed by atoms with van der Waals surface area (Å²) in [5.41, 5.74) is 0. The minimum Gasteiger partial charge on any atom is -0.756 e. The van der Waals surface area contributed by atoms with Crippen LogP contribution in [-0.4, -0.2) is 68.5 Å². The predicted octanol–water partition coefficient (Wildman–Crippen LogP) is 8.83. The van der Waals surface area contributed by atoms with E-state index in [0.29, 0.717) is 23.9 Å². The van der Waals surface area contributed by atoms with Crippen molar-refractivity contribution in [1.29, 1.82) is 0 Å². The number of phosphoric acid groups is 1. The van der Waals surface area contributed by atoms with Gasteiger partial charge in [0, 0.05) is 6.42 Å². The van der Waals surface area contributed by atoms with E-state index in [2.05, 4.69) is 19.2 Å². The standard InChI is InChI=1S/C36H75N2O6P/c1-6-8-10-12-14-16-18-20-22-24-26-28-30-36(40)37-34(33-44-45(41,42)43-32-31-38(3,4)5)35(39)29-27-25-23-21-19-17-15-13-11-9-7-2/h34-35,39H,6-33H2,1-5H3,(H-,37,40,41,42). The number of nitrogens with zero attached hydrogens (tertiary/aromatic N) is 1. The second-order valence-corrected chi connectivity index (χ2v) is 15.7. The van der Waals surface area contributed by atoms with Crippen LogP contribution in [0.25, 0.3) is 0 Å². The smallest absolute Gasteiger partial charge is 0.268 e. The Morgan fingerprint density at radius 2 is 1.09 bits per heavy atom. The summed E-state index contributed by atoms with van der Waals surface area (Å²) in [6.07, 6.45) is 28.1. The van der Waals surface area contributed by atoms with Crippen LogP contribution in [0.5, 0.6) is 0 Å². The Morgan fingerprint density at radius 3 is 1.51 bits per heavy atom. The third kappa shape index (κ3) is 31.8. The van der Waals surface area contributed by atoms with Gasteiger partial charge < -0.3 is 28.8 Å². The average Bonchev–Trinajstić information content (AvgIpc) is 2.97. The van der Waals surface area contributed by atoms with Crippen molar-refractivity contribution in [2.45, 2.75) is 187 Å². The van der Waals surface area contributed by atoms with Crippen molar-refractivity contribution in [3.05, 3.63) is 0 Å². The Kier molecular flexibility index (Phi) is 29.3. The number of hydrogen-bond donors (Lipinski definition) is 2. The van der Waals surface area contributed by atoms with Gasteiger partial charge in [-0.05, 0) is 12.8 Å². The van der Waals surface area contributed by atoms with Crippen LogP contribution in [0, 0.1) is 0 Å². The second-order valence-electron chi connectivity index (χ2n) is 14.3. The predicted molar refractivity (Wildman–Crippen MR) is 187 cm³/mol. The van der Waals surface area contributed by atoms with Gasteiger partial charge in [-0.2, -0.15) is 0 Å². The highest BCUT2D eigenvalue weighted by molar-refractivity contribution is 7.45. The molecule has 2 N–H and O–H groups in total. The van der Waals surface area contributed by atoms with Gasteiger partial charge in [0.2, 0.25) is 5.91 Å². The number of amides is 1. The number of phosphoric ester groups is 1. The number of hydrogen-bond acceptors (Lipinski definition) is 6. The van der Waals surface area contributed by atoms with Gasteiger partial charge in [0.25, 0.3) is 7.82 Å². The summed E-state index contributed by atoms with van der Waals surface area (Å²) < 4.78 is 23.1. The van der Waals surface area contributed by atoms with Crippen molar-refractivity contribution in [2.75, 3.05) is 40.9 Å². The van der Waals surface area contributed by atoms with E-state index in [-0.39, 0.29) is 19.1 Å². The van der Waals surface area contributed by atoms with Gasteiger partial charge in [-0.3, -0.25) is 9.36 Å². The number of aliphatic hydroxyl groups is 1. The van der Waals surface area contributed by atoms with E-state index >= 15 is 0 Å². The molecule has 1 amide bonds. The highest BCUT2D eigenvalue weighted by Crippen LogP contribution is 2.38. The average molecular weight is 663 g/mol. The third-order valence-corrected chi connectivity index (χ3v) is 9.56. The van der Waals surface area contributed by atoms with Crippen molar-refractivity contribution in [1.82, 2.24) is 5.32 Å². The lowest BCUT2D eigenvalue weighted by Gasteiger charge is -2.30. The molecule has 0 aliphatic carbocycles. The molecule has 270 valence electrons. The van der Waals surface area contributed by atoms with E-state index in [1.54, 1.807) is 0 Å². The summed E-state index contributed by atoms with van der Waals surface area (Å²) in [6.45, 7) is 4.69. The molecule has 0 radical (unpaired) electrons. The fraction of sp³-hybridized carbons (Fsp3) is 0.972. The lowest BCUT2D eigenvalue weighted by molar-refractivity contribution is -0.870. The molecule has 0 saturated heterocycles. The van der Waals surface area contributed by atoms with E-state index in [4.69, 9.17) is 9.05 Å². The molecule has 45 heavy (non-hydrogen) atoms. The molecule has 0 aliphatic rings. The van der Waals surface area contributed by atoms with E-state index in [1.165, 1.54) is 109 Å². The SMILES string of the molecule is CCCCCCCCCCCCCCC(=O)NC(COP(=O)([O-])OCC[N+](C)(C)C)C(O)CCCCCCCCCCCCC. The molecule has 3 atom stereocenters. The molecule has 0 aromatic heterocycles. The van der Waals surface area contributed by atoms with Crippen LogP contribution in [-0.2, 0) is 18.4 Å². The van der Waals surface area contributed by atoms with E-state index < -0.39 is 20.0 Å². The molecular formula is C36H75N2O6P. The Labute approximate surface area is 279 Å². The molecule has 0 spiro atoms. The van der Waals surface area contributed by atoms with Crippen LogP contribution in [0.15, 0.2) is 0 Å². The molecule has 0 aliphatic heterocycles. The number of quaternary nitrogens is 1. The fourth-order valence-corrected chi connectivity index (χ4v) is 6.23. The number of nitrogens with one attached hydrogen (secondary N) is 1. The first-order valence-corrected chi connectivity index (χ1v) is 20.3. The van der Waals surface area contributed by atoms with Gasteiger partial charge >= 0.3 is 0 Å². The maximum absolute atomic E-state index is 12.7. The van der Waals surface area contributed by atoms with Crippen LogP contribution in [0.2, 0.25) is 0 Å². The zero-order valence-corrected chi connectivity index (χ0v) is 31.2. The Balaban J connectivity index is 4.46. The maximum Gasteiger partial charge on any atom is 0.268 e. The quantitative estimate of drug-likeness (QED) is 0.0405. The van der Waals surface area contributed by atoms with Crippen molar-refractivity contribution < 1.29 is 32.9 Å². The summed E-state index contributed by atoms with van der Waals surface area (Å²) >= 11 is 0. The van der Waals surface area contributed by atoms with Gasteiger partial charge in [-0.25, -0.2) is 0 Å². The zero-order chi connectivity index (χ0) is 33.7. The largest absolute Gasteiger partial charge is 0.756 e. The molecule has 3 unspecified atom stereocenters. The number of carbonyl (C=O) groups excluding carboxylic acids is 1. The zero-order valence-electron chi connectivity index (χ0n) is 30.3. The van der Waals surface area contributed by atoms with Crippen LogP contribution in [0.1, 0.15) is 174 Å². The molecule has 0 aromatic rings. The van der Waals surface area contributed by atoms with E-state index in [1.807, 2.05) is 21.1 Å². The minimum atomic E-state index is -4.54. The van der Waals surface area contributed by atoms with Crippen LogP contribution in [0.3, 0.4) is 0 Å². The lowest BCUT2D eigenvalue weighted by Crippen LogP contribution is -2.46. The number of likely N-dealkylation sites (N-methyl/N-ethyl adjacent to an activating group) is 1. The Bertz CT molecular complexity index is 718. The van der Waals surface area contributed by atoms with Gasteiger partial charge in [0.15, 0.2) is 0 Å². The first kappa shape index (κ1) is 44.5. The molecular weight excluding hydrogens is 587 g/mol. The topological polar surface area (TPSA) is 108 Å². The first-order valence-electron chi connectivity index (χ1n) is 18.9. The van der Waals surface area contributed by atoms with Crippen molar-refractivity contribution in [2.24, 2.45) is 0 Å². The van der Waals surface area contributed by atoms with Crippen LogP contribution >= 0.6 is 7.82 Å². The molecule has 0 aromatic carbocycles. The monoisotopic (exact) mass is 663 g/mol. The third-order valence-electron chi connectivity index (χ3n) is 8.60. The summed E-state index contributed by atoms with van der Waals surface area (Å²) in [5.74, 6) is -0.166. The second kappa shape index (κ2) is 29.6. The molecule has 0 heterocycles. The van der Waals surface area contributed by atoms with E-state index in [9.17, 15) is 19.4 Å². The van der Waals surface area contributed by atoms with Crippen molar-refractivity contribution in [3.8, 4) is 0 Å². The first-order chi connectivity index (χ1) is 21.5. The molecule has 0 bridgehead atoms. The lowest BCUT2D eigenvalue weighted by atomic mass is 10.0. The summed E-state index contributed by atoms with van der Waals surface area (Å²) in [6, 6.07) is -0.790. The summed E-state index contributed by atoms with van der Waals surface area (Å²) in [5, 5.41) is 13.8. The van der Waals surface area contributed by atoms with Gasteiger partial charge in [0.1, 0.15) is 13.2 Å². The van der Waals surface area contributed by atoms with Gasteiger partial charge in [-0.1, -0.05) is 155 Å². The van der Waals surface area contributed by atoms with E-state index in [0.717, 1.165) is 38.5 Å². The molecule has 0 saturated carbocycles. The maximum atomic E-state index is 12.7. The minimum absolute atomic E-state index is 0.0154. The van der Waals surface area contributed by atoms with Crippen molar-refractivity contribution >= 4 is 13.7 Å². The number of unbranched alkanes of at least 4 members (excludes halogenated alkanes) is 21. The van der Waals surface area contributed by atoms with Gasteiger partial charge in [-0.15, -0.1) is 0 Å². The highest BCUT2D eigenvalue weighted by atomic mass is 31.2. The number of carbonyl (C=O) groups is 1. The fourth-order valence-electron chi connectivity index (χ4n) is 5.51. The summed E-state index contributed by atoms with van der Waals surface area (Å²) in [4.78, 5) is 25.1. The van der Waals surface area contributed by atoms with Crippen LogP contribution in [0.4, 0.5) is 0 Å². The molecule has 0 fully saturated rings. The molecule has 8 nitrogen and oxygen atoms in total.